The van der Waals surface area contributed by atoms with Crippen LogP contribution >= 0.6 is 23.2 Å². The molecule has 0 spiro atoms. The third-order valence-corrected chi connectivity index (χ3v) is 2.70. The van der Waals surface area contributed by atoms with E-state index in [0.29, 0.717) is 5.69 Å². The van der Waals surface area contributed by atoms with Crippen LogP contribution in [0, 0.1) is 5.41 Å². The zero-order valence-electron chi connectivity index (χ0n) is 10.1. The van der Waals surface area contributed by atoms with Crippen molar-refractivity contribution in [3.8, 4) is 0 Å². The van der Waals surface area contributed by atoms with E-state index in [1.807, 2.05) is 6.07 Å². The molecule has 1 aromatic rings. The Kier molecular flexibility index (Phi) is 6.35. The molecule has 0 aliphatic heterocycles. The van der Waals surface area contributed by atoms with Crippen LogP contribution in [0.4, 0.5) is 5.69 Å². The lowest BCUT2D eigenvalue weighted by molar-refractivity contribution is -0.217. The van der Waals surface area contributed by atoms with Crippen LogP contribution in [0.25, 0.3) is 0 Å². The summed E-state index contributed by atoms with van der Waals surface area (Å²) in [6.07, 6.45) is 0. The molecule has 0 saturated carbocycles. The van der Waals surface area contributed by atoms with E-state index >= 15 is 0 Å². The molecule has 1 aromatic carbocycles. The number of hydrogen-bond acceptors (Lipinski definition) is 4. The van der Waals surface area contributed by atoms with Crippen molar-refractivity contribution >= 4 is 40.7 Å². The van der Waals surface area contributed by atoms with E-state index in [1.165, 1.54) is 0 Å². The van der Waals surface area contributed by atoms with Crippen molar-refractivity contribution < 1.29 is 14.6 Å². The number of halogens is 2. The third-order valence-electron chi connectivity index (χ3n) is 1.88. The SMILES string of the molecule is CCOOC(=N)/C(Cl)=C(/Cl)C(=O)Nc1ccccc1. The first-order valence-corrected chi connectivity index (χ1v) is 6.12. The van der Waals surface area contributed by atoms with Gasteiger partial charge in [0.25, 0.3) is 11.8 Å². The Hall–Kier alpha value is -1.56. The normalized spacial score (nSPS) is 11.5. The van der Waals surface area contributed by atoms with E-state index < -0.39 is 11.8 Å². The Morgan fingerprint density at radius 1 is 1.26 bits per heavy atom. The van der Waals surface area contributed by atoms with Crippen molar-refractivity contribution in [2.75, 3.05) is 11.9 Å². The van der Waals surface area contributed by atoms with Crippen molar-refractivity contribution in [2.45, 2.75) is 6.92 Å². The molecule has 0 saturated heterocycles. The summed E-state index contributed by atoms with van der Waals surface area (Å²) in [6, 6.07) is 8.71. The summed E-state index contributed by atoms with van der Waals surface area (Å²) in [4.78, 5) is 20.8. The molecule has 5 nitrogen and oxygen atoms in total. The summed E-state index contributed by atoms with van der Waals surface area (Å²) >= 11 is 11.5. The van der Waals surface area contributed by atoms with Gasteiger partial charge in [-0.3, -0.25) is 10.2 Å². The molecular formula is C12H12Cl2N2O3. The lowest BCUT2D eigenvalue weighted by atomic mass is 10.3. The molecule has 1 rings (SSSR count). The fourth-order valence-electron chi connectivity index (χ4n) is 1.06. The van der Waals surface area contributed by atoms with Crippen LogP contribution in [0.3, 0.4) is 0 Å². The van der Waals surface area contributed by atoms with Crippen LogP contribution in [-0.4, -0.2) is 18.4 Å². The lowest BCUT2D eigenvalue weighted by Gasteiger charge is -2.07. The van der Waals surface area contributed by atoms with Crippen molar-refractivity contribution in [3.63, 3.8) is 0 Å². The van der Waals surface area contributed by atoms with Crippen LogP contribution in [0.1, 0.15) is 6.92 Å². The van der Waals surface area contributed by atoms with Gasteiger partial charge in [-0.05, 0) is 19.1 Å². The van der Waals surface area contributed by atoms with Gasteiger partial charge in [-0.15, -0.1) is 0 Å². The Bertz CT molecular complexity index is 489. The molecule has 0 heterocycles. The summed E-state index contributed by atoms with van der Waals surface area (Å²) in [6.45, 7) is 1.91. The van der Waals surface area contributed by atoms with E-state index in [1.54, 1.807) is 31.2 Å². The second-order valence-corrected chi connectivity index (χ2v) is 4.02. The topological polar surface area (TPSA) is 71.4 Å². The maximum Gasteiger partial charge on any atom is 0.269 e. The van der Waals surface area contributed by atoms with E-state index in [4.69, 9.17) is 28.6 Å². The number of amides is 1. The number of anilines is 1. The fourth-order valence-corrected chi connectivity index (χ4v) is 1.31. The highest BCUT2D eigenvalue weighted by Crippen LogP contribution is 2.18. The number of carbonyl (C=O) groups is 1. The number of carbonyl (C=O) groups excluding carboxylic acids is 1. The number of nitrogens with one attached hydrogen (secondary N) is 2. The number of rotatable bonds is 5. The van der Waals surface area contributed by atoms with Crippen LogP contribution in [0.5, 0.6) is 0 Å². The minimum atomic E-state index is -0.636. The lowest BCUT2D eigenvalue weighted by Crippen LogP contribution is -2.15. The van der Waals surface area contributed by atoms with Gasteiger partial charge in [0, 0.05) is 5.69 Å². The first kappa shape index (κ1) is 15.5. The fraction of sp³-hybridized carbons (Fsp3) is 0.167. The molecule has 0 aromatic heterocycles. The van der Waals surface area contributed by atoms with Gasteiger partial charge in [0.15, 0.2) is 0 Å². The summed E-state index contributed by atoms with van der Waals surface area (Å²) < 4.78 is 0. The molecule has 19 heavy (non-hydrogen) atoms. The monoisotopic (exact) mass is 302 g/mol. The first-order chi connectivity index (χ1) is 9.06. The van der Waals surface area contributed by atoms with E-state index in [2.05, 4.69) is 15.1 Å². The van der Waals surface area contributed by atoms with E-state index in [0.717, 1.165) is 0 Å². The molecule has 0 atom stereocenters. The maximum absolute atomic E-state index is 11.8. The minimum absolute atomic E-state index is 0.236. The average molecular weight is 303 g/mol. The Balaban J connectivity index is 2.72. The van der Waals surface area contributed by atoms with Crippen molar-refractivity contribution in [3.05, 3.63) is 40.4 Å². The predicted octanol–water partition coefficient (Wildman–Crippen LogP) is 3.26. The van der Waals surface area contributed by atoms with Crippen LogP contribution in [0.15, 0.2) is 40.4 Å². The van der Waals surface area contributed by atoms with Gasteiger partial charge in [-0.1, -0.05) is 41.4 Å². The number of benzene rings is 1. The highest BCUT2D eigenvalue weighted by Gasteiger charge is 2.17. The third kappa shape index (κ3) is 4.90. The molecule has 2 N–H and O–H groups in total. The molecule has 0 fully saturated rings. The zero-order chi connectivity index (χ0) is 14.3. The van der Waals surface area contributed by atoms with Crippen LogP contribution in [-0.2, 0) is 14.6 Å². The maximum atomic E-state index is 11.8. The van der Waals surface area contributed by atoms with Crippen molar-refractivity contribution in [1.29, 1.82) is 5.41 Å². The predicted molar refractivity (Wildman–Crippen MR) is 74.2 cm³/mol. The van der Waals surface area contributed by atoms with Crippen molar-refractivity contribution in [2.24, 2.45) is 0 Å². The number of hydrogen-bond donors (Lipinski definition) is 2. The Morgan fingerprint density at radius 2 is 1.89 bits per heavy atom. The Labute approximate surface area is 120 Å². The molecule has 0 bridgehead atoms. The molecule has 0 aliphatic carbocycles. The molecule has 0 unspecified atom stereocenters. The largest absolute Gasteiger partial charge is 0.321 e. The van der Waals surface area contributed by atoms with Gasteiger partial charge in [0.1, 0.15) is 10.1 Å². The molecule has 0 aliphatic rings. The standard InChI is InChI=1S/C12H12Cl2N2O3/c1-2-18-19-11(15)9(13)10(14)12(17)16-8-6-4-3-5-7-8/h3-7,15H,2H2,1H3,(H,16,17)/b10-9-,15-11?. The highest BCUT2D eigenvalue weighted by molar-refractivity contribution is 6.54. The molecular weight excluding hydrogens is 291 g/mol. The van der Waals surface area contributed by atoms with Gasteiger partial charge < -0.3 is 10.2 Å². The smallest absolute Gasteiger partial charge is 0.269 e. The second-order valence-electron chi connectivity index (χ2n) is 3.27. The average Bonchev–Trinajstić information content (AvgIpc) is 2.44. The summed E-state index contributed by atoms with van der Waals surface area (Å²) in [7, 11) is 0. The summed E-state index contributed by atoms with van der Waals surface area (Å²) in [5.74, 6) is -1.17. The van der Waals surface area contributed by atoms with Gasteiger partial charge in [0.05, 0.1) is 6.61 Å². The van der Waals surface area contributed by atoms with Crippen LogP contribution in [0.2, 0.25) is 0 Å². The van der Waals surface area contributed by atoms with E-state index in [-0.39, 0.29) is 16.7 Å². The molecule has 7 heteroatoms. The molecule has 1 amide bonds. The quantitative estimate of drug-likeness (QED) is 0.288. The molecule has 0 radical (unpaired) electrons. The Morgan fingerprint density at radius 3 is 2.47 bits per heavy atom. The second kappa shape index (κ2) is 7.78. The summed E-state index contributed by atoms with van der Waals surface area (Å²) in [5, 5.41) is 9.25. The van der Waals surface area contributed by atoms with Gasteiger partial charge >= 0.3 is 0 Å². The van der Waals surface area contributed by atoms with E-state index in [9.17, 15) is 4.79 Å². The van der Waals surface area contributed by atoms with Crippen molar-refractivity contribution in [1.82, 2.24) is 0 Å². The van der Waals surface area contributed by atoms with Gasteiger partial charge in [-0.25, -0.2) is 0 Å². The number of para-hydroxylation sites is 1. The highest BCUT2D eigenvalue weighted by atomic mass is 35.5. The van der Waals surface area contributed by atoms with Crippen LogP contribution < -0.4 is 5.32 Å². The van der Waals surface area contributed by atoms with Gasteiger partial charge in [-0.2, -0.15) is 4.89 Å². The zero-order valence-corrected chi connectivity index (χ0v) is 11.6. The van der Waals surface area contributed by atoms with Gasteiger partial charge in [0.2, 0.25) is 0 Å². The minimum Gasteiger partial charge on any atom is -0.321 e. The summed E-state index contributed by atoms with van der Waals surface area (Å²) in [5.41, 5.74) is 0.562. The first-order valence-electron chi connectivity index (χ1n) is 5.36. The molecule has 102 valence electrons.